The molecule has 1 aliphatic rings. The van der Waals surface area contributed by atoms with Gasteiger partial charge in [0.1, 0.15) is 6.33 Å². The average Bonchev–Trinajstić information content (AvgIpc) is 3.29. The zero-order chi connectivity index (χ0) is 22.6. The van der Waals surface area contributed by atoms with Crippen LogP contribution in [0.4, 0.5) is 0 Å². The molecule has 1 atom stereocenters. The van der Waals surface area contributed by atoms with Crippen molar-refractivity contribution < 1.29 is 9.53 Å². The van der Waals surface area contributed by atoms with Gasteiger partial charge in [0.15, 0.2) is 0 Å². The van der Waals surface area contributed by atoms with Gasteiger partial charge in [-0.25, -0.2) is 4.98 Å². The lowest BCUT2D eigenvalue weighted by Crippen LogP contribution is -2.43. The van der Waals surface area contributed by atoms with E-state index in [0.29, 0.717) is 12.1 Å². The van der Waals surface area contributed by atoms with E-state index < -0.39 is 0 Å². The Bertz CT molecular complexity index is 1240. The highest BCUT2D eigenvalue weighted by molar-refractivity contribution is 5.94. The van der Waals surface area contributed by atoms with Crippen molar-refractivity contribution in [2.45, 2.75) is 13.0 Å². The molecule has 1 saturated heterocycles. The van der Waals surface area contributed by atoms with Crippen molar-refractivity contribution in [3.63, 3.8) is 0 Å². The van der Waals surface area contributed by atoms with Crippen molar-refractivity contribution in [1.29, 1.82) is 0 Å². The molecule has 1 fully saturated rings. The second-order valence-electron chi connectivity index (χ2n) is 8.44. The largest absolute Gasteiger partial charge is 0.379 e. The van der Waals surface area contributed by atoms with Crippen molar-refractivity contribution in [2.75, 3.05) is 32.8 Å². The minimum absolute atomic E-state index is 0.0667. The third-order valence-electron chi connectivity index (χ3n) is 6.23. The third kappa shape index (κ3) is 4.67. The number of nitrogens with zero attached hydrogens (tertiary/aromatic N) is 3. The Morgan fingerprint density at radius 2 is 1.82 bits per heavy atom. The number of amides is 1. The van der Waals surface area contributed by atoms with Gasteiger partial charge in [-0.2, -0.15) is 0 Å². The van der Waals surface area contributed by atoms with Gasteiger partial charge in [-0.3, -0.25) is 14.3 Å². The number of ether oxygens (including phenoxy) is 1. The standard InChI is InChI=1S/C27H28N4O2/c1-20-5-4-6-22(17-20)26(30-13-15-33-16-14-30)18-28-27(32)21-9-11-23(12-10-21)31-19-29-24-7-2-3-8-25(24)31/h2-12,17,19,26H,13-16,18H2,1H3,(H,28,32). The predicted octanol–water partition coefficient (Wildman–Crippen LogP) is 4.14. The summed E-state index contributed by atoms with van der Waals surface area (Å²) in [6.45, 7) is 5.82. The van der Waals surface area contributed by atoms with Gasteiger partial charge in [-0.05, 0) is 48.9 Å². The number of morpholine rings is 1. The molecule has 1 amide bonds. The molecule has 33 heavy (non-hydrogen) atoms. The van der Waals surface area contributed by atoms with Crippen molar-refractivity contribution in [2.24, 2.45) is 0 Å². The van der Waals surface area contributed by atoms with Crippen LogP contribution < -0.4 is 5.32 Å². The van der Waals surface area contributed by atoms with Gasteiger partial charge in [0, 0.05) is 30.9 Å². The van der Waals surface area contributed by atoms with E-state index >= 15 is 0 Å². The number of carbonyl (C=O) groups excluding carboxylic acids is 1. The van der Waals surface area contributed by atoms with Gasteiger partial charge in [0.25, 0.3) is 5.91 Å². The summed E-state index contributed by atoms with van der Waals surface area (Å²) in [4.78, 5) is 19.8. The van der Waals surface area contributed by atoms with E-state index in [9.17, 15) is 4.79 Å². The molecule has 0 bridgehead atoms. The molecule has 0 radical (unpaired) electrons. The van der Waals surface area contributed by atoms with E-state index in [1.807, 2.05) is 59.4 Å². The molecule has 5 rings (SSSR count). The normalized spacial score (nSPS) is 15.4. The topological polar surface area (TPSA) is 59.4 Å². The smallest absolute Gasteiger partial charge is 0.251 e. The number of carbonyl (C=O) groups is 1. The molecule has 168 valence electrons. The number of fused-ring (bicyclic) bond motifs is 1. The first-order chi connectivity index (χ1) is 16.2. The zero-order valence-electron chi connectivity index (χ0n) is 18.8. The van der Waals surface area contributed by atoms with E-state index in [-0.39, 0.29) is 11.9 Å². The molecule has 6 heteroatoms. The predicted molar refractivity (Wildman–Crippen MR) is 130 cm³/mol. The van der Waals surface area contributed by atoms with Crippen molar-refractivity contribution in [1.82, 2.24) is 19.8 Å². The summed E-state index contributed by atoms with van der Waals surface area (Å²) in [5.74, 6) is -0.0667. The first-order valence-electron chi connectivity index (χ1n) is 11.4. The van der Waals surface area contributed by atoms with E-state index in [0.717, 1.165) is 43.0 Å². The third-order valence-corrected chi connectivity index (χ3v) is 6.23. The fourth-order valence-electron chi connectivity index (χ4n) is 4.45. The monoisotopic (exact) mass is 440 g/mol. The number of aryl methyl sites for hydroxylation is 1. The molecule has 0 spiro atoms. The number of para-hydroxylation sites is 2. The summed E-state index contributed by atoms with van der Waals surface area (Å²) in [5.41, 5.74) is 6.06. The van der Waals surface area contributed by atoms with Gasteiger partial charge in [0.05, 0.1) is 30.3 Å². The maximum absolute atomic E-state index is 13.0. The van der Waals surface area contributed by atoms with Gasteiger partial charge in [-0.15, -0.1) is 0 Å². The fraction of sp³-hybridized carbons (Fsp3) is 0.259. The van der Waals surface area contributed by atoms with Crippen LogP contribution in [0.2, 0.25) is 0 Å². The van der Waals surface area contributed by atoms with Crippen LogP contribution in [-0.4, -0.2) is 53.2 Å². The quantitative estimate of drug-likeness (QED) is 0.490. The van der Waals surface area contributed by atoms with Gasteiger partial charge in [-0.1, -0.05) is 42.0 Å². The summed E-state index contributed by atoms with van der Waals surface area (Å²) in [7, 11) is 0. The second-order valence-corrected chi connectivity index (χ2v) is 8.44. The second kappa shape index (κ2) is 9.57. The van der Waals surface area contributed by atoms with Gasteiger partial charge in [0.2, 0.25) is 0 Å². The SMILES string of the molecule is Cc1cccc(C(CNC(=O)c2ccc(-n3cnc4ccccc43)cc2)N2CCOCC2)c1. The lowest BCUT2D eigenvalue weighted by Gasteiger charge is -2.35. The Hall–Kier alpha value is -3.48. The van der Waals surface area contributed by atoms with Crippen LogP contribution in [0.25, 0.3) is 16.7 Å². The molecule has 2 heterocycles. The number of hydrogen-bond acceptors (Lipinski definition) is 4. The highest BCUT2D eigenvalue weighted by atomic mass is 16.5. The van der Waals surface area contributed by atoms with Crippen LogP contribution >= 0.6 is 0 Å². The first-order valence-corrected chi connectivity index (χ1v) is 11.4. The summed E-state index contributed by atoms with van der Waals surface area (Å²) in [6, 6.07) is 24.3. The molecule has 1 unspecified atom stereocenters. The van der Waals surface area contributed by atoms with Crippen molar-refractivity contribution in [3.05, 3.63) is 95.8 Å². The van der Waals surface area contributed by atoms with E-state index in [1.54, 1.807) is 0 Å². The lowest BCUT2D eigenvalue weighted by atomic mass is 10.0. The summed E-state index contributed by atoms with van der Waals surface area (Å²) in [5, 5.41) is 3.16. The fourth-order valence-corrected chi connectivity index (χ4v) is 4.45. The summed E-state index contributed by atoms with van der Waals surface area (Å²) >= 11 is 0. The lowest BCUT2D eigenvalue weighted by molar-refractivity contribution is 0.0162. The molecule has 1 aromatic heterocycles. The molecule has 1 aliphatic heterocycles. The van der Waals surface area contributed by atoms with Crippen molar-refractivity contribution in [3.8, 4) is 5.69 Å². The maximum atomic E-state index is 13.0. The molecule has 0 saturated carbocycles. The Labute approximate surface area is 193 Å². The molecule has 1 N–H and O–H groups in total. The first kappa shape index (κ1) is 21.4. The Morgan fingerprint density at radius 3 is 2.61 bits per heavy atom. The summed E-state index contributed by atoms with van der Waals surface area (Å²) < 4.78 is 7.57. The Kier molecular flexibility index (Phi) is 6.19. The zero-order valence-corrected chi connectivity index (χ0v) is 18.8. The molecule has 4 aromatic rings. The highest BCUT2D eigenvalue weighted by Gasteiger charge is 2.23. The summed E-state index contributed by atoms with van der Waals surface area (Å²) in [6.07, 6.45) is 1.81. The van der Waals surface area contributed by atoms with E-state index in [2.05, 4.69) is 46.4 Å². The number of benzene rings is 3. The minimum Gasteiger partial charge on any atom is -0.379 e. The maximum Gasteiger partial charge on any atom is 0.251 e. The van der Waals surface area contributed by atoms with Crippen LogP contribution in [0, 0.1) is 6.92 Å². The van der Waals surface area contributed by atoms with E-state index in [1.165, 1.54) is 11.1 Å². The van der Waals surface area contributed by atoms with Crippen LogP contribution in [-0.2, 0) is 4.74 Å². The van der Waals surface area contributed by atoms with E-state index in [4.69, 9.17) is 4.74 Å². The highest BCUT2D eigenvalue weighted by Crippen LogP contribution is 2.23. The Morgan fingerprint density at radius 1 is 1.03 bits per heavy atom. The number of hydrogen-bond donors (Lipinski definition) is 1. The number of aromatic nitrogens is 2. The average molecular weight is 441 g/mol. The van der Waals surface area contributed by atoms with Crippen LogP contribution in [0.5, 0.6) is 0 Å². The van der Waals surface area contributed by atoms with Crippen molar-refractivity contribution >= 4 is 16.9 Å². The number of nitrogens with one attached hydrogen (secondary N) is 1. The number of imidazole rings is 1. The minimum atomic E-state index is -0.0667. The number of rotatable bonds is 6. The van der Waals surface area contributed by atoms with Crippen LogP contribution in [0.15, 0.2) is 79.1 Å². The molecule has 0 aliphatic carbocycles. The van der Waals surface area contributed by atoms with Gasteiger partial charge >= 0.3 is 0 Å². The van der Waals surface area contributed by atoms with Gasteiger partial charge < -0.3 is 10.1 Å². The molecule has 3 aromatic carbocycles. The van der Waals surface area contributed by atoms with Crippen LogP contribution in [0.1, 0.15) is 27.5 Å². The molecular weight excluding hydrogens is 412 g/mol. The molecule has 6 nitrogen and oxygen atoms in total. The Balaban J connectivity index is 1.30. The molecular formula is C27H28N4O2. The van der Waals surface area contributed by atoms with Crippen LogP contribution in [0.3, 0.4) is 0 Å².